The number of anilines is 1. The van der Waals surface area contributed by atoms with Crippen LogP contribution < -0.4 is 10.6 Å². The molecule has 0 spiro atoms. The zero-order valence-electron chi connectivity index (χ0n) is 10.1. The molecule has 0 unspecified atom stereocenters. The summed E-state index contributed by atoms with van der Waals surface area (Å²) in [5.41, 5.74) is 6.85. The van der Waals surface area contributed by atoms with Crippen molar-refractivity contribution in [1.29, 1.82) is 0 Å². The van der Waals surface area contributed by atoms with Gasteiger partial charge in [-0.05, 0) is 30.5 Å². The van der Waals surface area contributed by atoms with E-state index in [0.717, 1.165) is 18.8 Å². The standard InChI is InChI=1S/C13H18F2N2O/c14-13(15,9-18)12(16)10-3-5-11(6-4-10)17-7-1-2-8-17/h3-6,12,18H,1-2,7-9,16H2/t12-/m0/s1. The molecule has 3 nitrogen and oxygen atoms in total. The molecule has 3 N–H and O–H groups in total. The van der Waals surface area contributed by atoms with Gasteiger partial charge in [0.25, 0.3) is 5.92 Å². The number of rotatable bonds is 4. The summed E-state index contributed by atoms with van der Waals surface area (Å²) >= 11 is 0. The molecule has 2 rings (SSSR count). The van der Waals surface area contributed by atoms with Crippen molar-refractivity contribution < 1.29 is 13.9 Å². The zero-order chi connectivity index (χ0) is 13.2. The molecular formula is C13H18F2N2O. The number of aliphatic hydroxyl groups excluding tert-OH is 1. The molecular weight excluding hydrogens is 238 g/mol. The van der Waals surface area contributed by atoms with Gasteiger partial charge in [0, 0.05) is 18.8 Å². The van der Waals surface area contributed by atoms with E-state index in [-0.39, 0.29) is 0 Å². The van der Waals surface area contributed by atoms with Crippen LogP contribution in [-0.4, -0.2) is 30.7 Å². The Balaban J connectivity index is 2.12. The highest BCUT2D eigenvalue weighted by Gasteiger charge is 2.37. The van der Waals surface area contributed by atoms with Crippen LogP contribution in [0.2, 0.25) is 0 Å². The SMILES string of the molecule is N[C@@H](c1ccc(N2CCCC2)cc1)C(F)(F)CO. The van der Waals surface area contributed by atoms with Crippen LogP contribution in [0.3, 0.4) is 0 Å². The molecule has 1 aliphatic heterocycles. The summed E-state index contributed by atoms with van der Waals surface area (Å²) in [6.07, 6.45) is 2.34. The molecule has 1 aromatic rings. The Morgan fingerprint density at radius 3 is 2.28 bits per heavy atom. The minimum Gasteiger partial charge on any atom is -0.390 e. The van der Waals surface area contributed by atoms with Crippen LogP contribution in [0.4, 0.5) is 14.5 Å². The molecule has 0 radical (unpaired) electrons. The second-order valence-corrected chi connectivity index (χ2v) is 4.68. The normalized spacial score (nSPS) is 18.1. The predicted octanol–water partition coefficient (Wildman–Crippen LogP) is 1.91. The highest BCUT2D eigenvalue weighted by molar-refractivity contribution is 5.48. The first-order valence-electron chi connectivity index (χ1n) is 6.14. The van der Waals surface area contributed by atoms with Crippen LogP contribution in [0, 0.1) is 0 Å². The van der Waals surface area contributed by atoms with Gasteiger partial charge >= 0.3 is 0 Å². The Labute approximate surface area is 105 Å². The van der Waals surface area contributed by atoms with Gasteiger partial charge in [0.2, 0.25) is 0 Å². The van der Waals surface area contributed by atoms with Gasteiger partial charge in [-0.15, -0.1) is 0 Å². The number of aliphatic hydroxyl groups is 1. The van der Waals surface area contributed by atoms with Gasteiger partial charge in [0.15, 0.2) is 0 Å². The van der Waals surface area contributed by atoms with Gasteiger partial charge in [-0.2, -0.15) is 0 Å². The van der Waals surface area contributed by atoms with Crippen molar-refractivity contribution in [3.8, 4) is 0 Å². The molecule has 1 aromatic carbocycles. The lowest BCUT2D eigenvalue weighted by atomic mass is 10.0. The third-order valence-electron chi connectivity index (χ3n) is 3.39. The Bertz CT molecular complexity index is 388. The van der Waals surface area contributed by atoms with E-state index in [4.69, 9.17) is 10.8 Å². The molecule has 1 fully saturated rings. The molecule has 0 aliphatic carbocycles. The van der Waals surface area contributed by atoms with Gasteiger partial charge in [-0.1, -0.05) is 12.1 Å². The van der Waals surface area contributed by atoms with Crippen molar-refractivity contribution in [2.45, 2.75) is 24.8 Å². The van der Waals surface area contributed by atoms with Crippen LogP contribution in [0.5, 0.6) is 0 Å². The van der Waals surface area contributed by atoms with Gasteiger partial charge < -0.3 is 15.7 Å². The highest BCUT2D eigenvalue weighted by Crippen LogP contribution is 2.30. The van der Waals surface area contributed by atoms with Gasteiger partial charge in [0.05, 0.1) is 6.04 Å². The van der Waals surface area contributed by atoms with Gasteiger partial charge in [-0.25, -0.2) is 8.78 Å². The second-order valence-electron chi connectivity index (χ2n) is 4.68. The van der Waals surface area contributed by atoms with Crippen LogP contribution >= 0.6 is 0 Å². The summed E-state index contributed by atoms with van der Waals surface area (Å²) in [7, 11) is 0. The summed E-state index contributed by atoms with van der Waals surface area (Å²) < 4.78 is 26.5. The van der Waals surface area contributed by atoms with E-state index < -0.39 is 18.6 Å². The molecule has 100 valence electrons. The molecule has 0 amide bonds. The number of alkyl halides is 2. The minimum atomic E-state index is -3.28. The third-order valence-corrected chi connectivity index (χ3v) is 3.39. The fraction of sp³-hybridized carbons (Fsp3) is 0.538. The predicted molar refractivity (Wildman–Crippen MR) is 66.9 cm³/mol. The lowest BCUT2D eigenvalue weighted by Gasteiger charge is -2.23. The topological polar surface area (TPSA) is 49.5 Å². The summed E-state index contributed by atoms with van der Waals surface area (Å²) in [6, 6.07) is 5.39. The van der Waals surface area contributed by atoms with Crippen molar-refractivity contribution in [2.24, 2.45) is 5.73 Å². The fourth-order valence-electron chi connectivity index (χ4n) is 2.21. The number of hydrogen-bond donors (Lipinski definition) is 2. The monoisotopic (exact) mass is 256 g/mol. The van der Waals surface area contributed by atoms with Crippen molar-refractivity contribution in [3.05, 3.63) is 29.8 Å². The Kier molecular flexibility index (Phi) is 3.82. The van der Waals surface area contributed by atoms with E-state index in [9.17, 15) is 8.78 Å². The van der Waals surface area contributed by atoms with E-state index in [1.165, 1.54) is 12.8 Å². The highest BCUT2D eigenvalue weighted by atomic mass is 19.3. The average Bonchev–Trinajstić information content (AvgIpc) is 2.92. The first kappa shape index (κ1) is 13.2. The van der Waals surface area contributed by atoms with Crippen LogP contribution in [-0.2, 0) is 0 Å². The zero-order valence-corrected chi connectivity index (χ0v) is 10.1. The molecule has 18 heavy (non-hydrogen) atoms. The number of nitrogens with zero attached hydrogens (tertiary/aromatic N) is 1. The van der Waals surface area contributed by atoms with E-state index in [1.54, 1.807) is 12.1 Å². The number of nitrogens with two attached hydrogens (primary N) is 1. The Morgan fingerprint density at radius 1 is 1.22 bits per heavy atom. The number of hydrogen-bond acceptors (Lipinski definition) is 3. The summed E-state index contributed by atoms with van der Waals surface area (Å²) in [5.74, 6) is -3.28. The van der Waals surface area contributed by atoms with Crippen molar-refractivity contribution in [3.63, 3.8) is 0 Å². The number of halogens is 2. The largest absolute Gasteiger partial charge is 0.390 e. The molecule has 1 heterocycles. The van der Waals surface area contributed by atoms with E-state index >= 15 is 0 Å². The lowest BCUT2D eigenvalue weighted by molar-refractivity contribution is -0.0711. The molecule has 0 saturated carbocycles. The lowest BCUT2D eigenvalue weighted by Crippen LogP contribution is -2.36. The third kappa shape index (κ3) is 2.62. The molecule has 0 aromatic heterocycles. The Morgan fingerprint density at radius 2 is 1.78 bits per heavy atom. The van der Waals surface area contributed by atoms with Gasteiger partial charge in [0.1, 0.15) is 6.61 Å². The first-order valence-corrected chi connectivity index (χ1v) is 6.14. The molecule has 1 saturated heterocycles. The maximum atomic E-state index is 13.2. The maximum absolute atomic E-state index is 13.2. The fourth-order valence-corrected chi connectivity index (χ4v) is 2.21. The van der Waals surface area contributed by atoms with E-state index in [0.29, 0.717) is 5.56 Å². The quantitative estimate of drug-likeness (QED) is 0.865. The summed E-state index contributed by atoms with van der Waals surface area (Å²) in [4.78, 5) is 2.22. The smallest absolute Gasteiger partial charge is 0.289 e. The van der Waals surface area contributed by atoms with Crippen molar-refractivity contribution in [2.75, 3.05) is 24.6 Å². The Hall–Kier alpha value is -1.20. The van der Waals surface area contributed by atoms with E-state index in [2.05, 4.69) is 4.90 Å². The molecule has 0 bridgehead atoms. The van der Waals surface area contributed by atoms with Crippen molar-refractivity contribution >= 4 is 5.69 Å². The summed E-state index contributed by atoms with van der Waals surface area (Å²) in [5, 5.41) is 8.61. The molecule has 5 heteroatoms. The van der Waals surface area contributed by atoms with Crippen LogP contribution in [0.15, 0.2) is 24.3 Å². The molecule has 1 atom stereocenters. The molecule has 1 aliphatic rings. The maximum Gasteiger partial charge on any atom is 0.289 e. The van der Waals surface area contributed by atoms with E-state index in [1.807, 2.05) is 12.1 Å². The number of benzene rings is 1. The average molecular weight is 256 g/mol. The van der Waals surface area contributed by atoms with Crippen LogP contribution in [0.25, 0.3) is 0 Å². The second kappa shape index (κ2) is 5.20. The van der Waals surface area contributed by atoms with Crippen molar-refractivity contribution in [1.82, 2.24) is 0 Å². The first-order chi connectivity index (χ1) is 8.54. The van der Waals surface area contributed by atoms with Crippen LogP contribution in [0.1, 0.15) is 24.4 Å². The minimum absolute atomic E-state index is 0.344. The van der Waals surface area contributed by atoms with Gasteiger partial charge in [-0.3, -0.25) is 0 Å². The summed E-state index contributed by atoms with van der Waals surface area (Å²) in [6.45, 7) is 0.790.